The number of anilines is 2. The number of carbonyl (C=O) groups is 1. The third kappa shape index (κ3) is 3.18. The Balaban J connectivity index is 1.73. The summed E-state index contributed by atoms with van der Waals surface area (Å²) in [7, 11) is 0. The molecule has 152 valence electrons. The van der Waals surface area contributed by atoms with Crippen LogP contribution in [0.4, 0.5) is 11.5 Å². The van der Waals surface area contributed by atoms with Gasteiger partial charge in [0.15, 0.2) is 5.65 Å². The highest BCUT2D eigenvalue weighted by atomic mass is 16.1. The molecule has 5 rings (SSSR count). The summed E-state index contributed by atoms with van der Waals surface area (Å²) in [4.78, 5) is 22.9. The smallest absolute Gasteiger partial charge is 0.261 e. The quantitative estimate of drug-likeness (QED) is 0.439. The van der Waals surface area contributed by atoms with Crippen LogP contribution in [-0.2, 0) is 0 Å². The second-order valence-electron chi connectivity index (χ2n) is 7.57. The van der Waals surface area contributed by atoms with Crippen LogP contribution in [0, 0.1) is 13.8 Å². The van der Waals surface area contributed by atoms with Crippen molar-refractivity contribution in [1.82, 2.24) is 14.5 Å². The molecule has 0 saturated carbocycles. The zero-order valence-electron chi connectivity index (χ0n) is 17.3. The van der Waals surface area contributed by atoms with E-state index < -0.39 is 0 Å². The first-order valence-corrected chi connectivity index (χ1v) is 10.0. The van der Waals surface area contributed by atoms with Crippen molar-refractivity contribution in [1.29, 1.82) is 0 Å². The second kappa shape index (κ2) is 7.25. The number of rotatable bonds is 3. The number of amides is 1. The van der Waals surface area contributed by atoms with Crippen LogP contribution in [0.2, 0.25) is 0 Å². The van der Waals surface area contributed by atoms with Gasteiger partial charge in [-0.05, 0) is 61.4 Å². The van der Waals surface area contributed by atoms with E-state index in [0.717, 1.165) is 22.3 Å². The van der Waals surface area contributed by atoms with Crippen LogP contribution in [0.1, 0.15) is 21.5 Å². The van der Waals surface area contributed by atoms with Crippen molar-refractivity contribution in [3.8, 4) is 5.69 Å². The fourth-order valence-electron chi connectivity index (χ4n) is 3.74. The number of aromatic nitrogens is 3. The Kier molecular flexibility index (Phi) is 4.40. The molecule has 0 aliphatic heterocycles. The highest BCUT2D eigenvalue weighted by Gasteiger charge is 2.25. The van der Waals surface area contributed by atoms with Crippen LogP contribution in [-0.4, -0.2) is 20.4 Å². The molecule has 1 amide bonds. The average molecular weight is 407 g/mol. The molecule has 0 radical (unpaired) electrons. The Bertz CT molecular complexity index is 1450. The van der Waals surface area contributed by atoms with E-state index in [4.69, 9.17) is 15.7 Å². The summed E-state index contributed by atoms with van der Waals surface area (Å²) in [5, 5.41) is 2.97. The summed E-state index contributed by atoms with van der Waals surface area (Å²) in [6, 6.07) is 23.0. The number of hydrogen-bond acceptors (Lipinski definition) is 4. The Morgan fingerprint density at radius 2 is 1.55 bits per heavy atom. The normalized spacial score (nSPS) is 11.2. The lowest BCUT2D eigenvalue weighted by Crippen LogP contribution is -2.14. The van der Waals surface area contributed by atoms with Gasteiger partial charge in [0.25, 0.3) is 5.91 Å². The molecule has 2 heterocycles. The average Bonchev–Trinajstić information content (AvgIpc) is 3.06. The summed E-state index contributed by atoms with van der Waals surface area (Å²) in [6.45, 7) is 4.05. The topological polar surface area (TPSA) is 85.8 Å². The molecule has 0 atom stereocenters. The third-order valence-electron chi connectivity index (χ3n) is 5.50. The molecule has 0 saturated heterocycles. The molecule has 5 aromatic rings. The van der Waals surface area contributed by atoms with Gasteiger partial charge in [0, 0.05) is 11.4 Å². The van der Waals surface area contributed by atoms with Gasteiger partial charge in [-0.3, -0.25) is 9.36 Å². The van der Waals surface area contributed by atoms with Crippen LogP contribution < -0.4 is 11.1 Å². The Morgan fingerprint density at radius 3 is 2.26 bits per heavy atom. The number of nitrogens with one attached hydrogen (secondary N) is 1. The van der Waals surface area contributed by atoms with E-state index in [1.165, 1.54) is 0 Å². The lowest BCUT2D eigenvalue weighted by Gasteiger charge is -2.09. The lowest BCUT2D eigenvalue weighted by molar-refractivity contribution is 0.102. The Morgan fingerprint density at radius 1 is 0.871 bits per heavy atom. The van der Waals surface area contributed by atoms with Crippen LogP contribution in [0.25, 0.3) is 27.9 Å². The molecule has 3 N–H and O–H groups in total. The number of aryl methyl sites for hydroxylation is 2. The van der Waals surface area contributed by atoms with Gasteiger partial charge in [-0.1, -0.05) is 36.4 Å². The molecule has 0 spiro atoms. The predicted octanol–water partition coefficient (Wildman–Crippen LogP) is 5.03. The number of nitrogens with two attached hydrogens (primary N) is 1. The Labute approximate surface area is 179 Å². The minimum Gasteiger partial charge on any atom is -0.384 e. The highest BCUT2D eigenvalue weighted by Crippen LogP contribution is 2.31. The molecule has 6 heteroatoms. The van der Waals surface area contributed by atoms with E-state index in [0.29, 0.717) is 33.7 Å². The maximum atomic E-state index is 13.4. The van der Waals surface area contributed by atoms with E-state index in [9.17, 15) is 4.79 Å². The standard InChI is InChI=1S/C25H21N5O/c1-15-12-13-17(14-16(15)2)27-25(31)21-22-24(29-20-11-7-6-10-19(20)28-22)30(23(21)26)18-8-4-3-5-9-18/h3-14H,26H2,1-2H3,(H,27,31). The molecule has 2 aromatic heterocycles. The van der Waals surface area contributed by atoms with Gasteiger partial charge in [0.1, 0.15) is 16.9 Å². The molecule has 0 fully saturated rings. The number of nitrogen functional groups attached to an aromatic ring is 1. The summed E-state index contributed by atoms with van der Waals surface area (Å²) in [5.74, 6) is -0.0112. The summed E-state index contributed by atoms with van der Waals surface area (Å²) >= 11 is 0. The third-order valence-corrected chi connectivity index (χ3v) is 5.50. The van der Waals surface area contributed by atoms with Crippen molar-refractivity contribution in [2.75, 3.05) is 11.1 Å². The first-order chi connectivity index (χ1) is 15.0. The van der Waals surface area contributed by atoms with Gasteiger partial charge in [0.05, 0.1) is 11.0 Å². The molecular weight excluding hydrogens is 386 g/mol. The second-order valence-corrected chi connectivity index (χ2v) is 7.57. The van der Waals surface area contributed by atoms with E-state index in [2.05, 4.69) is 5.32 Å². The predicted molar refractivity (Wildman–Crippen MR) is 125 cm³/mol. The van der Waals surface area contributed by atoms with Crippen LogP contribution in [0.3, 0.4) is 0 Å². The molecule has 0 unspecified atom stereocenters. The maximum absolute atomic E-state index is 13.4. The van der Waals surface area contributed by atoms with E-state index in [1.807, 2.05) is 86.6 Å². The van der Waals surface area contributed by atoms with Crippen molar-refractivity contribution in [2.24, 2.45) is 0 Å². The van der Waals surface area contributed by atoms with Gasteiger partial charge in [-0.2, -0.15) is 0 Å². The number of hydrogen-bond donors (Lipinski definition) is 2. The first-order valence-electron chi connectivity index (χ1n) is 10.0. The van der Waals surface area contributed by atoms with E-state index in [1.54, 1.807) is 4.57 Å². The monoisotopic (exact) mass is 407 g/mol. The van der Waals surface area contributed by atoms with Gasteiger partial charge in [-0.15, -0.1) is 0 Å². The molecule has 3 aromatic carbocycles. The van der Waals surface area contributed by atoms with E-state index >= 15 is 0 Å². The SMILES string of the molecule is Cc1ccc(NC(=O)c2c(N)n(-c3ccccc3)c3nc4ccccc4nc23)cc1C. The zero-order chi connectivity index (χ0) is 21.5. The molecular formula is C25H21N5O. The number of para-hydroxylation sites is 3. The maximum Gasteiger partial charge on any atom is 0.261 e. The molecule has 0 aliphatic carbocycles. The van der Waals surface area contributed by atoms with Crippen LogP contribution >= 0.6 is 0 Å². The van der Waals surface area contributed by atoms with E-state index in [-0.39, 0.29) is 5.91 Å². The van der Waals surface area contributed by atoms with Crippen LogP contribution in [0.5, 0.6) is 0 Å². The summed E-state index contributed by atoms with van der Waals surface area (Å²) < 4.78 is 1.78. The number of benzene rings is 3. The fourth-order valence-corrected chi connectivity index (χ4v) is 3.74. The van der Waals surface area contributed by atoms with Crippen molar-refractivity contribution >= 4 is 39.6 Å². The van der Waals surface area contributed by atoms with Crippen molar-refractivity contribution < 1.29 is 4.79 Å². The lowest BCUT2D eigenvalue weighted by atomic mass is 10.1. The number of fused-ring (bicyclic) bond motifs is 2. The molecule has 6 nitrogen and oxygen atoms in total. The fraction of sp³-hybridized carbons (Fsp3) is 0.0800. The van der Waals surface area contributed by atoms with Gasteiger partial charge in [0.2, 0.25) is 0 Å². The minimum atomic E-state index is -0.315. The van der Waals surface area contributed by atoms with Gasteiger partial charge < -0.3 is 11.1 Å². The largest absolute Gasteiger partial charge is 0.384 e. The summed E-state index contributed by atoms with van der Waals surface area (Å²) in [5.41, 5.74) is 13.1. The van der Waals surface area contributed by atoms with Gasteiger partial charge in [-0.25, -0.2) is 9.97 Å². The number of carbonyl (C=O) groups excluding carboxylic acids is 1. The number of nitrogens with zero attached hydrogens (tertiary/aromatic N) is 3. The summed E-state index contributed by atoms with van der Waals surface area (Å²) in [6.07, 6.45) is 0. The van der Waals surface area contributed by atoms with Gasteiger partial charge >= 0.3 is 0 Å². The minimum absolute atomic E-state index is 0.304. The Hall–Kier alpha value is -4.19. The highest BCUT2D eigenvalue weighted by molar-refractivity contribution is 6.16. The van der Waals surface area contributed by atoms with Crippen LogP contribution in [0.15, 0.2) is 72.8 Å². The van der Waals surface area contributed by atoms with Crippen molar-refractivity contribution in [2.45, 2.75) is 13.8 Å². The van der Waals surface area contributed by atoms with Crippen molar-refractivity contribution in [3.05, 3.63) is 89.5 Å². The molecule has 0 aliphatic rings. The molecule has 31 heavy (non-hydrogen) atoms. The first kappa shape index (κ1) is 18.8. The van der Waals surface area contributed by atoms with Crippen molar-refractivity contribution in [3.63, 3.8) is 0 Å². The zero-order valence-corrected chi connectivity index (χ0v) is 17.3. The molecule has 0 bridgehead atoms.